The minimum absolute atomic E-state index is 0.0616. The Morgan fingerprint density at radius 2 is 2.30 bits per heavy atom. The smallest absolute Gasteiger partial charge is 0.306 e. The first-order valence-corrected chi connectivity index (χ1v) is 4.58. The molecule has 0 aliphatic heterocycles. The van der Waals surface area contributed by atoms with Crippen LogP contribution >= 0.6 is 15.9 Å². The van der Waals surface area contributed by atoms with Crippen LogP contribution in [0.1, 0.15) is 26.7 Å². The Bertz CT molecular complexity index is 104. The third kappa shape index (κ3) is 4.79. The van der Waals surface area contributed by atoms with Crippen LogP contribution in [0.2, 0.25) is 0 Å². The van der Waals surface area contributed by atoms with Crippen molar-refractivity contribution in [3.05, 3.63) is 0 Å². The van der Waals surface area contributed by atoms with Crippen molar-refractivity contribution >= 4 is 21.9 Å². The molecule has 0 N–H and O–H groups in total. The third-order valence-corrected chi connectivity index (χ3v) is 1.60. The summed E-state index contributed by atoms with van der Waals surface area (Å²) in [4.78, 5) is 10.8. The summed E-state index contributed by atoms with van der Waals surface area (Å²) in [6.07, 6.45) is 1.41. The number of alkyl halides is 1. The van der Waals surface area contributed by atoms with Gasteiger partial charge in [0.1, 0.15) is 0 Å². The van der Waals surface area contributed by atoms with Gasteiger partial charge in [0.05, 0.1) is 12.5 Å². The molecule has 1 atom stereocenters. The number of rotatable bonds is 4. The molecule has 0 saturated heterocycles. The van der Waals surface area contributed by atoms with Crippen molar-refractivity contribution in [2.45, 2.75) is 32.8 Å². The highest BCUT2D eigenvalue weighted by molar-refractivity contribution is 9.09. The van der Waals surface area contributed by atoms with Gasteiger partial charge in [-0.05, 0) is 13.3 Å². The molecule has 0 aliphatic carbocycles. The Hall–Kier alpha value is -0.0500. The molecule has 0 saturated carbocycles. The number of carbonyl (C=O) groups is 1. The van der Waals surface area contributed by atoms with Crippen LogP contribution in [-0.4, -0.2) is 17.4 Å². The fourth-order valence-electron chi connectivity index (χ4n) is 0.444. The summed E-state index contributed by atoms with van der Waals surface area (Å²) in [6.45, 7) is 3.89. The van der Waals surface area contributed by atoms with E-state index in [4.69, 9.17) is 4.74 Å². The number of halogens is 1. The van der Waals surface area contributed by atoms with Crippen LogP contribution in [0.3, 0.4) is 0 Å². The Balaban J connectivity index is 3.37. The summed E-state index contributed by atoms with van der Waals surface area (Å²) in [5.41, 5.74) is 0. The number of carbonyl (C=O) groups excluding carboxylic acids is 1. The third-order valence-electron chi connectivity index (χ3n) is 1.21. The molecule has 10 heavy (non-hydrogen) atoms. The van der Waals surface area contributed by atoms with Gasteiger partial charge in [0.15, 0.2) is 0 Å². The van der Waals surface area contributed by atoms with Crippen molar-refractivity contribution < 1.29 is 9.53 Å². The van der Waals surface area contributed by atoms with Gasteiger partial charge in [-0.2, -0.15) is 0 Å². The average Bonchev–Trinajstić information content (AvgIpc) is 1.88. The van der Waals surface area contributed by atoms with Crippen LogP contribution in [0.4, 0.5) is 0 Å². The lowest BCUT2D eigenvalue weighted by Crippen LogP contribution is -2.13. The van der Waals surface area contributed by atoms with Crippen molar-refractivity contribution in [2.24, 2.45) is 0 Å². The largest absolute Gasteiger partial charge is 0.463 e. The molecule has 1 unspecified atom stereocenters. The number of hydrogen-bond donors (Lipinski definition) is 0. The maximum atomic E-state index is 10.8. The van der Waals surface area contributed by atoms with E-state index in [1.165, 1.54) is 0 Å². The van der Waals surface area contributed by atoms with E-state index in [1.54, 1.807) is 0 Å². The predicted octanol–water partition coefficient (Wildman–Crippen LogP) is 2.11. The molecule has 0 rings (SSSR count). The van der Waals surface area contributed by atoms with Gasteiger partial charge in [-0.15, -0.1) is 0 Å². The minimum atomic E-state index is -0.119. The van der Waals surface area contributed by atoms with Gasteiger partial charge in [-0.1, -0.05) is 22.9 Å². The number of ether oxygens (including phenoxy) is 1. The zero-order valence-electron chi connectivity index (χ0n) is 6.39. The first-order chi connectivity index (χ1) is 4.70. The van der Waals surface area contributed by atoms with Crippen molar-refractivity contribution in [1.29, 1.82) is 0 Å². The van der Waals surface area contributed by atoms with Gasteiger partial charge in [-0.3, -0.25) is 4.79 Å². The van der Waals surface area contributed by atoms with E-state index in [1.807, 2.05) is 13.8 Å². The molecular weight excluding hydrogens is 196 g/mol. The van der Waals surface area contributed by atoms with E-state index in [-0.39, 0.29) is 12.1 Å². The molecular formula is C7H13BrO2. The van der Waals surface area contributed by atoms with Crippen LogP contribution in [0, 0.1) is 0 Å². The highest BCUT2D eigenvalue weighted by Crippen LogP contribution is 1.99. The molecule has 0 fully saturated rings. The second-order valence-electron chi connectivity index (χ2n) is 2.15. The Morgan fingerprint density at radius 1 is 1.70 bits per heavy atom. The van der Waals surface area contributed by atoms with Crippen LogP contribution in [0.25, 0.3) is 0 Å². The topological polar surface area (TPSA) is 26.3 Å². The summed E-state index contributed by atoms with van der Waals surface area (Å²) in [6, 6.07) is 0. The van der Waals surface area contributed by atoms with Crippen molar-refractivity contribution in [3.8, 4) is 0 Å². The van der Waals surface area contributed by atoms with E-state index in [0.29, 0.717) is 11.8 Å². The summed E-state index contributed by atoms with van der Waals surface area (Å²) in [5.74, 6) is -0.119. The molecule has 0 amide bonds. The van der Waals surface area contributed by atoms with Crippen molar-refractivity contribution in [1.82, 2.24) is 0 Å². The Morgan fingerprint density at radius 3 is 2.70 bits per heavy atom. The second kappa shape index (κ2) is 5.71. The van der Waals surface area contributed by atoms with E-state index in [0.717, 1.165) is 6.42 Å². The molecule has 60 valence electrons. The lowest BCUT2D eigenvalue weighted by Gasteiger charge is -2.09. The summed E-state index contributed by atoms with van der Waals surface area (Å²) in [7, 11) is 0. The average molecular weight is 209 g/mol. The lowest BCUT2D eigenvalue weighted by atomic mass is 10.3. The van der Waals surface area contributed by atoms with Gasteiger partial charge in [0.2, 0.25) is 0 Å². The van der Waals surface area contributed by atoms with E-state index < -0.39 is 0 Å². The van der Waals surface area contributed by atoms with E-state index >= 15 is 0 Å². The van der Waals surface area contributed by atoms with Crippen molar-refractivity contribution in [2.75, 3.05) is 5.33 Å². The van der Waals surface area contributed by atoms with E-state index in [9.17, 15) is 4.79 Å². The van der Waals surface area contributed by atoms with Crippen LogP contribution in [-0.2, 0) is 9.53 Å². The standard InChI is InChI=1S/C7H13BrO2/c1-3-6(2)10-7(9)4-5-8/h6H,3-5H2,1-2H3. The van der Waals surface area contributed by atoms with Crippen LogP contribution < -0.4 is 0 Å². The highest BCUT2D eigenvalue weighted by Gasteiger charge is 2.05. The first kappa shape index (κ1) is 9.95. The SMILES string of the molecule is CCC(C)OC(=O)CCBr. The molecule has 0 aliphatic rings. The number of hydrogen-bond acceptors (Lipinski definition) is 2. The molecule has 0 bridgehead atoms. The second-order valence-corrected chi connectivity index (χ2v) is 2.94. The van der Waals surface area contributed by atoms with Crippen LogP contribution in [0.15, 0.2) is 0 Å². The van der Waals surface area contributed by atoms with Gasteiger partial charge in [-0.25, -0.2) is 0 Å². The number of esters is 1. The Kier molecular flexibility index (Phi) is 5.69. The predicted molar refractivity (Wildman–Crippen MR) is 44.3 cm³/mol. The monoisotopic (exact) mass is 208 g/mol. The zero-order valence-corrected chi connectivity index (χ0v) is 7.98. The normalized spacial score (nSPS) is 12.7. The minimum Gasteiger partial charge on any atom is -0.463 e. The van der Waals surface area contributed by atoms with Gasteiger partial charge < -0.3 is 4.74 Å². The summed E-state index contributed by atoms with van der Waals surface area (Å²) < 4.78 is 4.97. The maximum absolute atomic E-state index is 10.8. The highest BCUT2D eigenvalue weighted by atomic mass is 79.9. The fraction of sp³-hybridized carbons (Fsp3) is 0.857. The molecule has 0 radical (unpaired) electrons. The summed E-state index contributed by atoms with van der Waals surface area (Å²) in [5, 5.41) is 0.683. The Labute approximate surface area is 70.1 Å². The molecule has 2 nitrogen and oxygen atoms in total. The summed E-state index contributed by atoms with van der Waals surface area (Å²) >= 11 is 3.16. The molecule has 0 aromatic rings. The first-order valence-electron chi connectivity index (χ1n) is 3.46. The quantitative estimate of drug-likeness (QED) is 0.523. The van der Waals surface area contributed by atoms with E-state index in [2.05, 4.69) is 15.9 Å². The molecule has 3 heteroatoms. The molecule has 0 spiro atoms. The molecule has 0 heterocycles. The molecule has 0 aromatic heterocycles. The molecule has 0 aromatic carbocycles. The van der Waals surface area contributed by atoms with Gasteiger partial charge in [0.25, 0.3) is 0 Å². The maximum Gasteiger partial charge on any atom is 0.306 e. The lowest BCUT2D eigenvalue weighted by molar-refractivity contribution is -0.147. The van der Waals surface area contributed by atoms with Gasteiger partial charge in [0, 0.05) is 5.33 Å². The van der Waals surface area contributed by atoms with Gasteiger partial charge >= 0.3 is 5.97 Å². The fourth-order valence-corrected chi connectivity index (χ4v) is 0.768. The van der Waals surface area contributed by atoms with Crippen molar-refractivity contribution in [3.63, 3.8) is 0 Å². The van der Waals surface area contributed by atoms with Crippen LogP contribution in [0.5, 0.6) is 0 Å². The zero-order chi connectivity index (χ0) is 7.98.